The summed E-state index contributed by atoms with van der Waals surface area (Å²) in [5, 5.41) is 16.9. The van der Waals surface area contributed by atoms with Crippen molar-refractivity contribution >= 4 is 44.0 Å². The van der Waals surface area contributed by atoms with E-state index >= 15 is 0 Å². The summed E-state index contributed by atoms with van der Waals surface area (Å²) in [6.45, 7) is 0.830. The Hall–Kier alpha value is -3.11. The number of fused-ring (bicyclic) bond motifs is 1. The number of carbonyl (C=O) groups is 1. The molecule has 27 heavy (non-hydrogen) atoms. The highest BCUT2D eigenvalue weighted by Gasteiger charge is 2.18. The molecular formula is C17H15FN4O4S. The predicted octanol–water partition coefficient (Wildman–Crippen LogP) is 3.65. The van der Waals surface area contributed by atoms with Crippen LogP contribution >= 0.6 is 11.3 Å². The number of aromatic nitrogens is 1. The molecule has 140 valence electrons. The highest BCUT2D eigenvalue weighted by Crippen LogP contribution is 2.28. The molecule has 0 aliphatic heterocycles. The zero-order chi connectivity index (χ0) is 19.4. The average molecular weight is 390 g/mol. The van der Waals surface area contributed by atoms with Crippen LogP contribution in [0.25, 0.3) is 10.2 Å². The second kappa shape index (κ2) is 8.06. The molecular weight excluding hydrogens is 375 g/mol. The zero-order valence-electron chi connectivity index (χ0n) is 14.2. The van der Waals surface area contributed by atoms with Crippen LogP contribution in [0.1, 0.15) is 10.4 Å². The maximum Gasteiger partial charge on any atom is 0.270 e. The van der Waals surface area contributed by atoms with E-state index in [4.69, 9.17) is 4.74 Å². The summed E-state index contributed by atoms with van der Waals surface area (Å²) >= 11 is 1.11. The van der Waals surface area contributed by atoms with E-state index < -0.39 is 16.6 Å². The van der Waals surface area contributed by atoms with Crippen LogP contribution in [-0.2, 0) is 4.74 Å². The molecule has 0 saturated heterocycles. The van der Waals surface area contributed by atoms with Crippen LogP contribution in [-0.4, -0.2) is 36.1 Å². The summed E-state index contributed by atoms with van der Waals surface area (Å²) in [4.78, 5) is 27.4. The number of nitrogens with one attached hydrogen (secondary N) is 2. The molecule has 2 aromatic carbocycles. The third-order valence-corrected chi connectivity index (χ3v) is 4.58. The van der Waals surface area contributed by atoms with E-state index in [0.29, 0.717) is 29.1 Å². The first kappa shape index (κ1) is 18.7. The van der Waals surface area contributed by atoms with Gasteiger partial charge in [-0.05, 0) is 24.3 Å². The largest absolute Gasteiger partial charge is 0.383 e. The van der Waals surface area contributed by atoms with E-state index in [-0.39, 0.29) is 16.4 Å². The van der Waals surface area contributed by atoms with Crippen LogP contribution < -0.4 is 10.6 Å². The Balaban J connectivity index is 1.88. The summed E-state index contributed by atoms with van der Waals surface area (Å²) in [6.07, 6.45) is 0. The number of nitrogens with zero attached hydrogens (tertiary/aromatic N) is 2. The smallest absolute Gasteiger partial charge is 0.270 e. The molecule has 0 aliphatic carbocycles. The highest BCUT2D eigenvalue weighted by atomic mass is 32.1. The van der Waals surface area contributed by atoms with Gasteiger partial charge < -0.3 is 10.1 Å². The fraction of sp³-hybridized carbons (Fsp3) is 0.176. The second-order valence-corrected chi connectivity index (χ2v) is 6.52. The van der Waals surface area contributed by atoms with Crippen LogP contribution in [0.3, 0.4) is 0 Å². The summed E-state index contributed by atoms with van der Waals surface area (Å²) in [5.74, 6) is -0.953. The predicted molar refractivity (Wildman–Crippen MR) is 101 cm³/mol. The van der Waals surface area contributed by atoms with Crippen molar-refractivity contribution in [2.75, 3.05) is 30.9 Å². The Morgan fingerprint density at radius 3 is 2.89 bits per heavy atom. The van der Waals surface area contributed by atoms with Gasteiger partial charge in [-0.2, -0.15) is 0 Å². The van der Waals surface area contributed by atoms with Gasteiger partial charge in [0, 0.05) is 31.5 Å². The Bertz CT molecular complexity index is 1010. The van der Waals surface area contributed by atoms with Gasteiger partial charge in [0.05, 0.1) is 27.3 Å². The van der Waals surface area contributed by atoms with Gasteiger partial charge >= 0.3 is 0 Å². The third-order valence-electron chi connectivity index (χ3n) is 3.65. The third kappa shape index (κ3) is 4.36. The topological polar surface area (TPSA) is 106 Å². The lowest BCUT2D eigenvalue weighted by Gasteiger charge is -2.11. The number of nitro benzene ring substituents is 1. The number of amides is 1. The number of anilines is 2. The van der Waals surface area contributed by atoms with Crippen molar-refractivity contribution in [1.82, 2.24) is 4.98 Å². The van der Waals surface area contributed by atoms with Gasteiger partial charge in [-0.15, -0.1) is 0 Å². The highest BCUT2D eigenvalue weighted by molar-refractivity contribution is 7.22. The first-order valence-corrected chi connectivity index (χ1v) is 8.68. The van der Waals surface area contributed by atoms with Gasteiger partial charge in [-0.1, -0.05) is 11.3 Å². The van der Waals surface area contributed by atoms with Crippen molar-refractivity contribution in [1.29, 1.82) is 0 Å². The van der Waals surface area contributed by atoms with Crippen molar-refractivity contribution in [3.8, 4) is 0 Å². The van der Waals surface area contributed by atoms with E-state index in [9.17, 15) is 19.3 Å². The van der Waals surface area contributed by atoms with Crippen molar-refractivity contribution in [2.45, 2.75) is 0 Å². The number of rotatable bonds is 7. The normalized spacial score (nSPS) is 10.7. The molecule has 0 aliphatic rings. The molecule has 3 aromatic rings. The molecule has 8 nitrogen and oxygen atoms in total. The summed E-state index contributed by atoms with van der Waals surface area (Å²) in [5.41, 5.74) is 0.881. The van der Waals surface area contributed by atoms with Crippen LogP contribution in [0.15, 0.2) is 36.4 Å². The van der Waals surface area contributed by atoms with E-state index in [1.54, 1.807) is 7.11 Å². The quantitative estimate of drug-likeness (QED) is 0.362. The molecule has 2 N–H and O–H groups in total. The minimum atomic E-state index is -0.573. The number of carbonyl (C=O) groups excluding carboxylic acids is 1. The molecule has 0 saturated carbocycles. The minimum Gasteiger partial charge on any atom is -0.383 e. The number of ether oxygens (including phenoxy) is 1. The Morgan fingerprint density at radius 1 is 1.33 bits per heavy atom. The Morgan fingerprint density at radius 2 is 2.15 bits per heavy atom. The van der Waals surface area contributed by atoms with Crippen molar-refractivity contribution in [2.24, 2.45) is 0 Å². The first-order valence-electron chi connectivity index (χ1n) is 7.86. The summed E-state index contributed by atoms with van der Waals surface area (Å²) in [7, 11) is 1.54. The number of hydrogen-bond acceptors (Lipinski definition) is 7. The molecule has 1 aromatic heterocycles. The molecule has 0 unspecified atom stereocenters. The number of hydrogen-bond donors (Lipinski definition) is 2. The number of thiazole rings is 1. The van der Waals surface area contributed by atoms with Crippen LogP contribution in [0.4, 0.5) is 20.9 Å². The lowest BCUT2D eigenvalue weighted by atomic mass is 10.1. The summed E-state index contributed by atoms with van der Waals surface area (Å²) in [6, 6.07) is 8.10. The monoisotopic (exact) mass is 390 g/mol. The van der Waals surface area contributed by atoms with E-state index in [1.807, 2.05) is 0 Å². The van der Waals surface area contributed by atoms with Crippen LogP contribution in [0.2, 0.25) is 0 Å². The molecule has 1 amide bonds. The van der Waals surface area contributed by atoms with E-state index in [0.717, 1.165) is 11.3 Å². The van der Waals surface area contributed by atoms with E-state index in [2.05, 4.69) is 15.6 Å². The average Bonchev–Trinajstić information content (AvgIpc) is 3.03. The molecule has 3 rings (SSSR count). The van der Waals surface area contributed by atoms with Gasteiger partial charge in [-0.3, -0.25) is 20.2 Å². The number of nitro groups is 1. The Labute approximate surface area is 157 Å². The van der Waals surface area contributed by atoms with Crippen molar-refractivity contribution < 1.29 is 18.8 Å². The molecule has 0 fully saturated rings. The Kier molecular flexibility index (Phi) is 5.57. The fourth-order valence-electron chi connectivity index (χ4n) is 2.39. The lowest BCUT2D eigenvalue weighted by Crippen LogP contribution is -2.16. The molecule has 0 radical (unpaired) electrons. The SMILES string of the molecule is COCCNc1ccc([N+](=O)[O-])cc1C(=O)Nc1nc2ccc(F)cc2s1. The fourth-order valence-corrected chi connectivity index (χ4v) is 3.28. The molecule has 1 heterocycles. The number of halogens is 1. The first-order chi connectivity index (χ1) is 13.0. The number of benzene rings is 2. The van der Waals surface area contributed by atoms with Crippen molar-refractivity contribution in [3.05, 3.63) is 57.9 Å². The standard InChI is InChI=1S/C17H15FN4O4S/c1-26-7-6-19-13-5-3-11(22(24)25)9-12(13)16(23)21-17-20-14-4-2-10(18)8-15(14)27-17/h2-5,8-9,19H,6-7H2,1H3,(H,20,21,23). The molecule has 0 spiro atoms. The number of methoxy groups -OCH3 is 1. The lowest BCUT2D eigenvalue weighted by molar-refractivity contribution is -0.384. The van der Waals surface area contributed by atoms with E-state index in [1.165, 1.54) is 36.4 Å². The molecule has 10 heteroatoms. The van der Waals surface area contributed by atoms with Crippen LogP contribution in [0.5, 0.6) is 0 Å². The van der Waals surface area contributed by atoms with Crippen molar-refractivity contribution in [3.63, 3.8) is 0 Å². The second-order valence-electron chi connectivity index (χ2n) is 5.49. The zero-order valence-corrected chi connectivity index (χ0v) is 15.0. The van der Waals surface area contributed by atoms with Gasteiger partial charge in [0.1, 0.15) is 5.82 Å². The minimum absolute atomic E-state index is 0.103. The van der Waals surface area contributed by atoms with Gasteiger partial charge in [0.15, 0.2) is 5.13 Å². The van der Waals surface area contributed by atoms with Gasteiger partial charge in [-0.25, -0.2) is 9.37 Å². The maximum atomic E-state index is 13.3. The molecule has 0 atom stereocenters. The van der Waals surface area contributed by atoms with Gasteiger partial charge in [0.25, 0.3) is 11.6 Å². The maximum absolute atomic E-state index is 13.3. The van der Waals surface area contributed by atoms with Gasteiger partial charge in [0.2, 0.25) is 0 Å². The molecule has 0 bridgehead atoms. The summed E-state index contributed by atoms with van der Waals surface area (Å²) < 4.78 is 18.8. The number of non-ortho nitro benzene ring substituents is 1. The van der Waals surface area contributed by atoms with Crippen LogP contribution in [0, 0.1) is 15.9 Å².